The van der Waals surface area contributed by atoms with E-state index in [1.165, 1.54) is 6.07 Å². The van der Waals surface area contributed by atoms with Crippen LogP contribution >= 0.6 is 0 Å². The summed E-state index contributed by atoms with van der Waals surface area (Å²) in [4.78, 5) is 15.6. The summed E-state index contributed by atoms with van der Waals surface area (Å²) in [6, 6.07) is 4.71. The number of carbonyl (C=O) groups is 1. The number of aliphatic carboxylic acids is 1. The number of hydrogen-bond donors (Lipinski definition) is 1. The minimum absolute atomic E-state index is 0.0149. The van der Waals surface area contributed by atoms with Crippen LogP contribution in [0.25, 0.3) is 0 Å². The first kappa shape index (κ1) is 14.1. The highest BCUT2D eigenvalue weighted by molar-refractivity contribution is 6.01. The molecule has 1 unspecified atom stereocenters. The molecule has 1 aromatic rings. The van der Waals surface area contributed by atoms with E-state index < -0.39 is 11.8 Å². The van der Waals surface area contributed by atoms with Crippen LogP contribution in [0.1, 0.15) is 37.3 Å². The molecule has 0 bridgehead atoms. The zero-order valence-corrected chi connectivity index (χ0v) is 11.0. The molecular formula is C15H14FNO3. The molecule has 0 amide bonds. The number of benzene rings is 1. The lowest BCUT2D eigenvalue weighted by molar-refractivity contribution is -0.137. The van der Waals surface area contributed by atoms with Gasteiger partial charge in [0.15, 0.2) is 0 Å². The number of rotatable bonds is 4. The van der Waals surface area contributed by atoms with Crippen LogP contribution in [-0.2, 0) is 9.63 Å². The Balaban J connectivity index is 2.06. The largest absolute Gasteiger partial charge is 0.481 e. The third-order valence-corrected chi connectivity index (χ3v) is 2.96. The van der Waals surface area contributed by atoms with Gasteiger partial charge in [-0.3, -0.25) is 4.79 Å². The first-order valence-corrected chi connectivity index (χ1v) is 6.27. The van der Waals surface area contributed by atoms with E-state index in [1.54, 1.807) is 19.1 Å². The SMILES string of the molecule is CC#Cc1ccc(C2=NOC(CCC(=O)O)C2)c(F)c1. The molecule has 0 spiro atoms. The van der Waals surface area contributed by atoms with Gasteiger partial charge in [0.25, 0.3) is 0 Å². The Labute approximate surface area is 116 Å². The topological polar surface area (TPSA) is 58.9 Å². The van der Waals surface area contributed by atoms with Crippen molar-refractivity contribution < 1.29 is 19.1 Å². The fourth-order valence-electron chi connectivity index (χ4n) is 2.00. The predicted molar refractivity (Wildman–Crippen MR) is 71.8 cm³/mol. The molecule has 0 aliphatic carbocycles. The maximum atomic E-state index is 14.0. The molecule has 0 saturated heterocycles. The third kappa shape index (κ3) is 3.35. The molecular weight excluding hydrogens is 261 g/mol. The summed E-state index contributed by atoms with van der Waals surface area (Å²) in [6.07, 6.45) is 0.503. The van der Waals surface area contributed by atoms with Crippen molar-refractivity contribution in [1.29, 1.82) is 0 Å². The highest BCUT2D eigenvalue weighted by atomic mass is 19.1. The van der Waals surface area contributed by atoms with Crippen LogP contribution in [-0.4, -0.2) is 22.9 Å². The van der Waals surface area contributed by atoms with Crippen molar-refractivity contribution in [2.75, 3.05) is 0 Å². The average molecular weight is 275 g/mol. The summed E-state index contributed by atoms with van der Waals surface area (Å²) >= 11 is 0. The molecule has 0 radical (unpaired) electrons. The number of carboxylic acid groups (broad SMARTS) is 1. The van der Waals surface area contributed by atoms with Crippen LogP contribution in [0.5, 0.6) is 0 Å². The molecule has 0 saturated carbocycles. The smallest absolute Gasteiger partial charge is 0.303 e. The van der Waals surface area contributed by atoms with E-state index in [4.69, 9.17) is 9.94 Å². The van der Waals surface area contributed by atoms with Gasteiger partial charge in [-0.15, -0.1) is 5.92 Å². The van der Waals surface area contributed by atoms with Crippen molar-refractivity contribution in [2.45, 2.75) is 32.3 Å². The lowest BCUT2D eigenvalue weighted by atomic mass is 10.0. The van der Waals surface area contributed by atoms with E-state index in [9.17, 15) is 9.18 Å². The van der Waals surface area contributed by atoms with Crippen LogP contribution in [0.3, 0.4) is 0 Å². The van der Waals surface area contributed by atoms with Gasteiger partial charge in [-0.25, -0.2) is 4.39 Å². The van der Waals surface area contributed by atoms with Gasteiger partial charge in [0.2, 0.25) is 0 Å². The minimum Gasteiger partial charge on any atom is -0.481 e. The van der Waals surface area contributed by atoms with E-state index in [1.807, 2.05) is 0 Å². The second-order valence-corrected chi connectivity index (χ2v) is 4.47. The van der Waals surface area contributed by atoms with Crippen molar-refractivity contribution >= 4 is 11.7 Å². The summed E-state index contributed by atoms with van der Waals surface area (Å²) in [6.45, 7) is 1.69. The zero-order valence-electron chi connectivity index (χ0n) is 11.0. The first-order valence-electron chi connectivity index (χ1n) is 6.27. The normalized spacial score (nSPS) is 16.9. The Kier molecular flexibility index (Phi) is 4.36. The summed E-state index contributed by atoms with van der Waals surface area (Å²) in [5.41, 5.74) is 1.49. The highest BCUT2D eigenvalue weighted by Gasteiger charge is 2.24. The Morgan fingerprint density at radius 1 is 1.60 bits per heavy atom. The molecule has 4 nitrogen and oxygen atoms in total. The Morgan fingerprint density at radius 2 is 2.40 bits per heavy atom. The fraction of sp³-hybridized carbons (Fsp3) is 0.333. The highest BCUT2D eigenvalue weighted by Crippen LogP contribution is 2.22. The zero-order chi connectivity index (χ0) is 14.5. The van der Waals surface area contributed by atoms with Gasteiger partial charge in [0.05, 0.1) is 5.71 Å². The molecule has 1 aliphatic rings. The molecule has 104 valence electrons. The van der Waals surface area contributed by atoms with Gasteiger partial charge >= 0.3 is 5.97 Å². The van der Waals surface area contributed by atoms with E-state index in [0.29, 0.717) is 29.7 Å². The molecule has 0 aromatic heterocycles. The number of halogens is 1. The molecule has 1 N–H and O–H groups in total. The first-order chi connectivity index (χ1) is 9.60. The molecule has 1 aliphatic heterocycles. The van der Waals surface area contributed by atoms with Crippen molar-refractivity contribution in [2.24, 2.45) is 5.16 Å². The molecule has 5 heteroatoms. The summed E-state index contributed by atoms with van der Waals surface area (Å²) < 4.78 is 14.0. The standard InChI is InChI=1S/C15H14FNO3/c1-2-3-10-4-6-12(13(16)8-10)14-9-11(20-17-14)5-7-15(18)19/h4,6,8,11H,5,7,9H2,1H3,(H,18,19). The van der Waals surface area contributed by atoms with Crippen molar-refractivity contribution in [3.8, 4) is 11.8 Å². The lowest BCUT2D eigenvalue weighted by Crippen LogP contribution is -2.11. The van der Waals surface area contributed by atoms with Crippen molar-refractivity contribution in [3.63, 3.8) is 0 Å². The van der Waals surface area contributed by atoms with E-state index in [-0.39, 0.29) is 12.5 Å². The summed E-state index contributed by atoms with van der Waals surface area (Å²) in [5, 5.41) is 12.5. The van der Waals surface area contributed by atoms with Crippen molar-refractivity contribution in [3.05, 3.63) is 35.1 Å². The minimum atomic E-state index is -0.879. The van der Waals surface area contributed by atoms with Gasteiger partial charge in [-0.2, -0.15) is 0 Å². The van der Waals surface area contributed by atoms with Gasteiger partial charge in [-0.05, 0) is 31.5 Å². The maximum absolute atomic E-state index is 14.0. The monoisotopic (exact) mass is 275 g/mol. The van der Waals surface area contributed by atoms with Gasteiger partial charge in [0, 0.05) is 24.0 Å². The quantitative estimate of drug-likeness (QED) is 0.859. The second kappa shape index (κ2) is 6.20. The van der Waals surface area contributed by atoms with Crippen LogP contribution in [0.4, 0.5) is 4.39 Å². The number of oxime groups is 1. The number of carboxylic acids is 1. The number of hydrogen-bond acceptors (Lipinski definition) is 3. The van der Waals surface area contributed by atoms with E-state index in [0.717, 1.165) is 0 Å². The fourth-order valence-corrected chi connectivity index (χ4v) is 2.00. The molecule has 20 heavy (non-hydrogen) atoms. The Bertz CT molecular complexity index is 613. The number of nitrogens with zero attached hydrogens (tertiary/aromatic N) is 1. The third-order valence-electron chi connectivity index (χ3n) is 2.96. The lowest BCUT2D eigenvalue weighted by Gasteiger charge is -2.05. The predicted octanol–water partition coefficient (Wildman–Crippen LogP) is 2.55. The van der Waals surface area contributed by atoms with Gasteiger partial charge in [0.1, 0.15) is 11.9 Å². The average Bonchev–Trinajstić information content (AvgIpc) is 2.85. The molecule has 2 rings (SSSR count). The summed E-state index contributed by atoms with van der Waals surface area (Å²) in [5.74, 6) is 4.21. The second-order valence-electron chi connectivity index (χ2n) is 4.47. The maximum Gasteiger partial charge on any atom is 0.303 e. The van der Waals surface area contributed by atoms with Gasteiger partial charge in [-0.1, -0.05) is 11.1 Å². The van der Waals surface area contributed by atoms with Crippen LogP contribution in [0, 0.1) is 17.7 Å². The van der Waals surface area contributed by atoms with Crippen LogP contribution in [0.2, 0.25) is 0 Å². The molecule has 1 atom stereocenters. The molecule has 1 heterocycles. The van der Waals surface area contributed by atoms with Crippen LogP contribution in [0.15, 0.2) is 23.4 Å². The van der Waals surface area contributed by atoms with E-state index in [2.05, 4.69) is 17.0 Å². The van der Waals surface area contributed by atoms with Crippen molar-refractivity contribution in [1.82, 2.24) is 0 Å². The molecule has 0 fully saturated rings. The van der Waals surface area contributed by atoms with Crippen LogP contribution < -0.4 is 0 Å². The van der Waals surface area contributed by atoms with E-state index >= 15 is 0 Å². The summed E-state index contributed by atoms with van der Waals surface area (Å²) in [7, 11) is 0. The van der Waals surface area contributed by atoms with Gasteiger partial charge < -0.3 is 9.94 Å². The molecule has 1 aromatic carbocycles. The Morgan fingerprint density at radius 3 is 3.05 bits per heavy atom. The Hall–Kier alpha value is -2.35.